The van der Waals surface area contributed by atoms with Gasteiger partial charge in [-0.3, -0.25) is 0 Å². The van der Waals surface area contributed by atoms with E-state index >= 15 is 0 Å². The largest absolute Gasteiger partial charge is 0.316 e. The Morgan fingerprint density at radius 1 is 1.75 bits per heavy atom. The average Bonchev–Trinajstić information content (AvgIpc) is 2.68. The summed E-state index contributed by atoms with van der Waals surface area (Å²) in [7, 11) is 0. The Bertz CT molecular complexity index is 297. The van der Waals surface area contributed by atoms with Crippen molar-refractivity contribution in [3.05, 3.63) is 10.8 Å². The molecule has 0 aliphatic carbocycles. The minimum atomic E-state index is -1.04. The first-order valence-corrected chi connectivity index (χ1v) is 4.93. The van der Waals surface area contributed by atoms with Crippen molar-refractivity contribution in [3.63, 3.8) is 0 Å². The lowest BCUT2D eigenvalue weighted by Crippen LogP contribution is -2.28. The van der Waals surface area contributed by atoms with E-state index in [1.165, 1.54) is 18.0 Å². The predicted molar refractivity (Wildman–Crippen MR) is 49.5 cm³/mol. The Morgan fingerprint density at radius 3 is 3.42 bits per heavy atom. The van der Waals surface area contributed by atoms with Crippen LogP contribution < -0.4 is 5.32 Å². The molecule has 0 bridgehead atoms. The van der Waals surface area contributed by atoms with Crippen LogP contribution in [0.1, 0.15) is 32.3 Å². The van der Waals surface area contributed by atoms with Gasteiger partial charge in [-0.15, -0.1) is 0 Å². The number of aryl methyl sites for hydroxylation is 1. The third kappa shape index (κ3) is 1.64. The van der Waals surface area contributed by atoms with Crippen molar-refractivity contribution in [2.45, 2.75) is 25.6 Å². The molecular formula is C8H13N3S. The van der Waals surface area contributed by atoms with Gasteiger partial charge in [-0.05, 0) is 37.8 Å². The molecule has 1 fully saturated rings. The first-order valence-electron chi connectivity index (χ1n) is 5.31. The summed E-state index contributed by atoms with van der Waals surface area (Å²) >= 11 is 1.34. The van der Waals surface area contributed by atoms with Gasteiger partial charge in [0, 0.05) is 15.2 Å². The molecule has 0 radical (unpaired) electrons. The second kappa shape index (κ2) is 3.49. The first-order chi connectivity index (χ1) is 6.77. The molecule has 1 aromatic rings. The molecule has 1 N–H and O–H groups in total. The number of aromatic nitrogens is 2. The molecule has 0 saturated carbocycles. The lowest BCUT2D eigenvalue weighted by molar-refractivity contribution is 0.460. The van der Waals surface area contributed by atoms with Crippen LogP contribution in [0.5, 0.6) is 0 Å². The maximum atomic E-state index is 7.18. The van der Waals surface area contributed by atoms with Gasteiger partial charge in [-0.2, -0.15) is 4.37 Å². The van der Waals surface area contributed by atoms with Gasteiger partial charge in [0.15, 0.2) is 0 Å². The topological polar surface area (TPSA) is 37.8 Å². The van der Waals surface area contributed by atoms with Crippen LogP contribution in [0.3, 0.4) is 0 Å². The van der Waals surface area contributed by atoms with Crippen molar-refractivity contribution in [2.75, 3.05) is 13.1 Å². The van der Waals surface area contributed by atoms with Gasteiger partial charge in [0.1, 0.15) is 10.8 Å². The molecule has 1 aromatic heterocycles. The summed E-state index contributed by atoms with van der Waals surface area (Å²) in [5, 5.41) is 4.30. The lowest BCUT2D eigenvalue weighted by atomic mass is 10.0. The molecule has 12 heavy (non-hydrogen) atoms. The summed E-state index contributed by atoms with van der Waals surface area (Å²) in [4.78, 5) is 4.23. The lowest BCUT2D eigenvalue weighted by Gasteiger charge is -2.19. The molecule has 2 rings (SSSR count). The van der Waals surface area contributed by atoms with Gasteiger partial charge in [0.25, 0.3) is 0 Å². The quantitative estimate of drug-likeness (QED) is 0.717. The number of piperidine rings is 1. The molecule has 0 unspecified atom stereocenters. The molecule has 1 atom stereocenters. The van der Waals surface area contributed by atoms with Gasteiger partial charge in [0.2, 0.25) is 0 Å². The van der Waals surface area contributed by atoms with Crippen LogP contribution in [0.2, 0.25) is 0 Å². The highest BCUT2D eigenvalue weighted by Crippen LogP contribution is 2.23. The van der Waals surface area contributed by atoms with Gasteiger partial charge in [0.05, 0.1) is 0 Å². The van der Waals surface area contributed by atoms with E-state index in [9.17, 15) is 0 Å². The Hall–Kier alpha value is -0.480. The molecule has 66 valence electrons. The molecule has 3 nitrogen and oxygen atoms in total. The normalized spacial score (nSPS) is 26.9. The second-order valence-electron chi connectivity index (χ2n) is 3.03. The standard InChI is InChI=1S/C8H13N3S/c1-6-10-8(12-11-6)7-3-2-4-9-5-7/h7,9H,2-5H2,1H3/t7-/m0/s1/i1D2. The van der Waals surface area contributed by atoms with Crippen LogP contribution in [0.4, 0.5) is 0 Å². The zero-order chi connectivity index (χ0) is 9.97. The Morgan fingerprint density at radius 2 is 2.75 bits per heavy atom. The third-order valence-electron chi connectivity index (χ3n) is 2.10. The van der Waals surface area contributed by atoms with Crippen LogP contribution >= 0.6 is 11.5 Å². The first kappa shape index (κ1) is 6.05. The zero-order valence-corrected chi connectivity index (χ0v) is 7.60. The number of nitrogens with one attached hydrogen (secondary N) is 1. The molecule has 1 aliphatic rings. The summed E-state index contributed by atoms with van der Waals surface area (Å²) in [6.45, 7) is 0.994. The highest BCUT2D eigenvalue weighted by atomic mass is 32.1. The van der Waals surface area contributed by atoms with Crippen molar-refractivity contribution in [2.24, 2.45) is 0 Å². The maximum Gasteiger partial charge on any atom is 0.139 e. The van der Waals surface area contributed by atoms with Crippen molar-refractivity contribution in [1.82, 2.24) is 14.7 Å². The van der Waals surface area contributed by atoms with E-state index < -0.39 is 6.88 Å². The van der Waals surface area contributed by atoms with E-state index in [1.807, 2.05) is 0 Å². The summed E-state index contributed by atoms with van der Waals surface area (Å²) < 4.78 is 18.4. The Labute approximate surface area is 79.2 Å². The number of rotatable bonds is 1. The van der Waals surface area contributed by atoms with Crippen molar-refractivity contribution in [1.29, 1.82) is 0 Å². The van der Waals surface area contributed by atoms with Crippen molar-refractivity contribution in [3.8, 4) is 0 Å². The molecule has 4 heteroatoms. The summed E-state index contributed by atoms with van der Waals surface area (Å²) in [6, 6.07) is 0. The van der Waals surface area contributed by atoms with Crippen LogP contribution in [0.25, 0.3) is 0 Å². The van der Waals surface area contributed by atoms with E-state index in [-0.39, 0.29) is 0 Å². The highest BCUT2D eigenvalue weighted by molar-refractivity contribution is 7.05. The van der Waals surface area contributed by atoms with Crippen LogP contribution in [0, 0.1) is 6.88 Å². The van der Waals surface area contributed by atoms with E-state index in [1.54, 1.807) is 0 Å². The number of nitrogens with zero attached hydrogens (tertiary/aromatic N) is 2. The van der Waals surface area contributed by atoms with Crippen LogP contribution in [0.15, 0.2) is 0 Å². The predicted octanol–water partition coefficient (Wildman–Crippen LogP) is 1.31. The minimum absolute atomic E-state index is 0.343. The monoisotopic (exact) mass is 185 g/mol. The van der Waals surface area contributed by atoms with Crippen molar-refractivity contribution >= 4 is 11.5 Å². The fourth-order valence-corrected chi connectivity index (χ4v) is 2.19. The van der Waals surface area contributed by atoms with E-state index in [4.69, 9.17) is 2.74 Å². The van der Waals surface area contributed by atoms with Crippen molar-refractivity contribution < 1.29 is 2.74 Å². The van der Waals surface area contributed by atoms with Crippen LogP contribution in [-0.2, 0) is 0 Å². The van der Waals surface area contributed by atoms with Gasteiger partial charge in [-0.1, -0.05) is 0 Å². The smallest absolute Gasteiger partial charge is 0.139 e. The molecule has 1 aliphatic heterocycles. The maximum absolute atomic E-state index is 7.18. The molecule has 2 heterocycles. The Kier molecular flexibility index (Phi) is 1.76. The number of hydrogen-bond donors (Lipinski definition) is 1. The minimum Gasteiger partial charge on any atom is -0.316 e. The highest BCUT2D eigenvalue weighted by Gasteiger charge is 2.18. The third-order valence-corrected chi connectivity index (χ3v) is 2.99. The molecular weight excluding hydrogens is 170 g/mol. The average molecular weight is 185 g/mol. The zero-order valence-electron chi connectivity index (χ0n) is 8.79. The Balaban J connectivity index is 2.07. The SMILES string of the molecule is [2H]C([2H])c1nsc([C@H]2CCCNC2)n1. The number of hydrogen-bond acceptors (Lipinski definition) is 4. The fourth-order valence-electron chi connectivity index (χ4n) is 1.48. The second-order valence-corrected chi connectivity index (χ2v) is 3.82. The van der Waals surface area contributed by atoms with Crippen LogP contribution in [-0.4, -0.2) is 22.4 Å². The molecule has 0 amide bonds. The molecule has 0 spiro atoms. The molecule has 0 aromatic carbocycles. The summed E-state index contributed by atoms with van der Waals surface area (Å²) in [5.41, 5.74) is 0. The fraction of sp³-hybridized carbons (Fsp3) is 0.750. The van der Waals surface area contributed by atoms with Gasteiger partial charge < -0.3 is 5.32 Å². The van der Waals surface area contributed by atoms with Gasteiger partial charge in [-0.25, -0.2) is 4.98 Å². The van der Waals surface area contributed by atoms with E-state index in [0.717, 1.165) is 24.5 Å². The van der Waals surface area contributed by atoms with Gasteiger partial charge >= 0.3 is 0 Å². The molecule has 1 saturated heterocycles. The summed E-state index contributed by atoms with van der Waals surface area (Å²) in [6.07, 6.45) is 2.31. The summed E-state index contributed by atoms with van der Waals surface area (Å²) in [5.74, 6) is 0.782. The van der Waals surface area contributed by atoms with E-state index in [2.05, 4.69) is 14.7 Å². The van der Waals surface area contributed by atoms with E-state index in [0.29, 0.717) is 11.7 Å².